The van der Waals surface area contributed by atoms with Gasteiger partial charge in [0.05, 0.1) is 6.04 Å². The SMILES string of the molecule is Cc1ccccc1COC(=O)NCCCCC(NC(=O)[C@H](Cc1ccccc1)NC(=O)[C@H](N)CCCN=C(N)NN)C(N)=O. The Hall–Kier alpha value is -4.69. The Bertz CT molecular complexity index is 1240. The van der Waals surface area contributed by atoms with E-state index in [4.69, 9.17) is 27.8 Å². The number of nitrogens with zero attached hydrogens (tertiary/aromatic N) is 1. The first kappa shape index (κ1) is 35.5. The van der Waals surface area contributed by atoms with Crippen molar-refractivity contribution in [2.75, 3.05) is 13.1 Å². The number of amides is 4. The van der Waals surface area contributed by atoms with Crippen molar-refractivity contribution >= 4 is 29.8 Å². The molecule has 0 aliphatic carbocycles. The molecule has 2 aromatic carbocycles. The van der Waals surface area contributed by atoms with Gasteiger partial charge in [-0.1, -0.05) is 54.6 Å². The van der Waals surface area contributed by atoms with Gasteiger partial charge in [-0.15, -0.1) is 0 Å². The number of nitrogens with two attached hydrogens (primary N) is 4. The van der Waals surface area contributed by atoms with Crippen LogP contribution in [0.15, 0.2) is 59.6 Å². The van der Waals surface area contributed by atoms with Crippen LogP contribution in [0.2, 0.25) is 0 Å². The van der Waals surface area contributed by atoms with Crippen LogP contribution in [-0.2, 0) is 32.1 Å². The highest BCUT2D eigenvalue weighted by Gasteiger charge is 2.27. The van der Waals surface area contributed by atoms with Crippen LogP contribution in [0.5, 0.6) is 0 Å². The first-order valence-electron chi connectivity index (χ1n) is 14.5. The number of unbranched alkanes of at least 4 members (excludes halogenated alkanes) is 1. The van der Waals surface area contributed by atoms with Crippen LogP contribution in [0.3, 0.4) is 0 Å². The second-order valence-electron chi connectivity index (χ2n) is 10.3. The number of guanidine groups is 1. The number of hydrogen-bond acceptors (Lipinski definition) is 8. The minimum Gasteiger partial charge on any atom is -0.445 e. The third kappa shape index (κ3) is 13.5. The fourth-order valence-electron chi connectivity index (χ4n) is 4.21. The average Bonchev–Trinajstić information content (AvgIpc) is 3.01. The van der Waals surface area contributed by atoms with Crippen LogP contribution in [-0.4, -0.2) is 61.0 Å². The van der Waals surface area contributed by atoms with Gasteiger partial charge >= 0.3 is 6.09 Å². The second kappa shape index (κ2) is 19.5. The number of carbonyl (C=O) groups excluding carboxylic acids is 4. The van der Waals surface area contributed by atoms with Crippen molar-refractivity contribution in [1.29, 1.82) is 0 Å². The average molecular weight is 612 g/mol. The second-order valence-corrected chi connectivity index (χ2v) is 10.3. The van der Waals surface area contributed by atoms with E-state index in [9.17, 15) is 19.2 Å². The van der Waals surface area contributed by atoms with Crippen molar-refractivity contribution in [3.05, 3.63) is 71.3 Å². The number of nitrogens with one attached hydrogen (secondary N) is 4. The Labute approximate surface area is 257 Å². The number of carbonyl (C=O) groups is 4. The quantitative estimate of drug-likeness (QED) is 0.0370. The van der Waals surface area contributed by atoms with E-state index in [0.29, 0.717) is 38.8 Å². The number of hydrazine groups is 1. The van der Waals surface area contributed by atoms with Gasteiger partial charge < -0.3 is 37.9 Å². The molecule has 14 heteroatoms. The zero-order chi connectivity index (χ0) is 32.3. The number of primary amides is 1. The van der Waals surface area contributed by atoms with Crippen molar-refractivity contribution in [3.8, 4) is 0 Å². The highest BCUT2D eigenvalue weighted by atomic mass is 16.5. The molecule has 0 saturated carbocycles. The fraction of sp³-hybridized carbons (Fsp3) is 0.433. The van der Waals surface area contributed by atoms with Crippen LogP contribution < -0.4 is 44.4 Å². The summed E-state index contributed by atoms with van der Waals surface area (Å²) in [7, 11) is 0. The highest BCUT2D eigenvalue weighted by Crippen LogP contribution is 2.09. The summed E-state index contributed by atoms with van der Waals surface area (Å²) in [5.74, 6) is 3.43. The molecule has 12 N–H and O–H groups in total. The molecule has 0 fully saturated rings. The summed E-state index contributed by atoms with van der Waals surface area (Å²) in [6.45, 7) is 2.73. The third-order valence-corrected chi connectivity index (χ3v) is 6.82. The van der Waals surface area contributed by atoms with E-state index in [1.165, 1.54) is 0 Å². The molecule has 0 aliphatic rings. The first-order chi connectivity index (χ1) is 21.1. The van der Waals surface area contributed by atoms with Gasteiger partial charge in [0.1, 0.15) is 18.7 Å². The Morgan fingerprint density at radius 1 is 0.864 bits per heavy atom. The molecule has 4 amide bonds. The minimum atomic E-state index is -1.00. The Morgan fingerprint density at radius 2 is 1.55 bits per heavy atom. The third-order valence-electron chi connectivity index (χ3n) is 6.82. The highest BCUT2D eigenvalue weighted by molar-refractivity contribution is 5.92. The van der Waals surface area contributed by atoms with Gasteiger partial charge in [0, 0.05) is 19.5 Å². The molecular weight excluding hydrogens is 566 g/mol. The van der Waals surface area contributed by atoms with Crippen molar-refractivity contribution in [2.24, 2.45) is 28.0 Å². The summed E-state index contributed by atoms with van der Waals surface area (Å²) >= 11 is 0. The minimum absolute atomic E-state index is 0.0688. The summed E-state index contributed by atoms with van der Waals surface area (Å²) in [5.41, 5.74) is 22.1. The number of aliphatic imine (C=N–C) groups is 1. The summed E-state index contributed by atoms with van der Waals surface area (Å²) in [4.78, 5) is 54.3. The maximum Gasteiger partial charge on any atom is 0.407 e. The van der Waals surface area contributed by atoms with Gasteiger partial charge in [0.15, 0.2) is 0 Å². The summed E-state index contributed by atoms with van der Waals surface area (Å²) in [6, 6.07) is 13.9. The largest absolute Gasteiger partial charge is 0.445 e. The molecule has 0 aromatic heterocycles. The number of benzene rings is 2. The zero-order valence-electron chi connectivity index (χ0n) is 25.1. The molecular formula is C30H45N9O5. The van der Waals surface area contributed by atoms with E-state index < -0.39 is 41.9 Å². The lowest BCUT2D eigenvalue weighted by molar-refractivity contribution is -0.131. The number of hydrogen-bond donors (Lipinski definition) is 8. The Balaban J connectivity index is 1.87. The Kier molecular flexibility index (Phi) is 15.7. The van der Waals surface area contributed by atoms with Gasteiger partial charge in [0.25, 0.3) is 0 Å². The lowest BCUT2D eigenvalue weighted by Gasteiger charge is -2.23. The van der Waals surface area contributed by atoms with E-state index >= 15 is 0 Å². The van der Waals surface area contributed by atoms with Crippen LogP contribution in [0.25, 0.3) is 0 Å². The predicted octanol–water partition coefficient (Wildman–Crippen LogP) is -0.0254. The van der Waals surface area contributed by atoms with E-state index in [0.717, 1.165) is 16.7 Å². The van der Waals surface area contributed by atoms with Crippen LogP contribution in [0.1, 0.15) is 48.8 Å². The van der Waals surface area contributed by atoms with Crippen molar-refractivity contribution in [3.63, 3.8) is 0 Å². The molecule has 0 bridgehead atoms. The summed E-state index contributed by atoms with van der Waals surface area (Å²) in [6.07, 6.45) is 1.64. The number of alkyl carbamates (subject to hydrolysis) is 1. The van der Waals surface area contributed by atoms with Gasteiger partial charge in [-0.05, 0) is 55.7 Å². The summed E-state index contributed by atoms with van der Waals surface area (Å²) in [5, 5.41) is 8.04. The lowest BCUT2D eigenvalue weighted by atomic mass is 10.0. The molecule has 0 heterocycles. The van der Waals surface area contributed by atoms with Crippen molar-refractivity contribution < 1.29 is 23.9 Å². The van der Waals surface area contributed by atoms with Gasteiger partial charge in [-0.25, -0.2) is 10.6 Å². The normalized spacial score (nSPS) is 13.2. The van der Waals surface area contributed by atoms with Crippen LogP contribution in [0.4, 0.5) is 4.79 Å². The maximum atomic E-state index is 13.3. The van der Waals surface area contributed by atoms with Crippen LogP contribution >= 0.6 is 0 Å². The first-order valence-corrected chi connectivity index (χ1v) is 14.5. The molecule has 44 heavy (non-hydrogen) atoms. The van der Waals surface area contributed by atoms with Crippen molar-refractivity contribution in [1.82, 2.24) is 21.4 Å². The maximum absolute atomic E-state index is 13.3. The molecule has 14 nitrogen and oxygen atoms in total. The molecule has 3 atom stereocenters. The molecule has 0 radical (unpaired) electrons. The molecule has 2 rings (SSSR count). The molecule has 0 saturated heterocycles. The fourth-order valence-corrected chi connectivity index (χ4v) is 4.21. The topological polar surface area (TPSA) is 242 Å². The monoisotopic (exact) mass is 611 g/mol. The van der Waals surface area contributed by atoms with Gasteiger partial charge in [-0.2, -0.15) is 0 Å². The number of rotatable bonds is 18. The molecule has 2 aromatic rings. The van der Waals surface area contributed by atoms with Gasteiger partial charge in [0.2, 0.25) is 23.7 Å². The number of ether oxygens (including phenoxy) is 1. The smallest absolute Gasteiger partial charge is 0.407 e. The molecule has 0 aliphatic heterocycles. The zero-order valence-corrected chi connectivity index (χ0v) is 25.1. The van der Waals surface area contributed by atoms with E-state index in [-0.39, 0.29) is 25.4 Å². The van der Waals surface area contributed by atoms with E-state index in [1.54, 1.807) is 0 Å². The standard InChI is InChI=1S/C30H45N9O5/c1-20-10-5-6-13-22(20)19-44-30(43)36-16-8-7-15-24(26(32)40)37-28(42)25(18-21-11-3-2-4-12-21)38-27(41)23(31)14-9-17-35-29(33)39-34/h2-6,10-13,23-25H,7-9,14-19,31,34H2,1H3,(H2,32,40)(H,36,43)(H,37,42)(H,38,41)(H3,33,35,39)/t23-,24?,25+/m1/s1. The van der Waals surface area contributed by atoms with Gasteiger partial charge in [-0.3, -0.25) is 24.8 Å². The number of aryl methyl sites for hydroxylation is 1. The van der Waals surface area contributed by atoms with Crippen LogP contribution in [0, 0.1) is 6.92 Å². The predicted molar refractivity (Wildman–Crippen MR) is 167 cm³/mol. The van der Waals surface area contributed by atoms with E-state index in [2.05, 4.69) is 26.4 Å². The van der Waals surface area contributed by atoms with Crippen molar-refractivity contribution in [2.45, 2.75) is 70.2 Å². The summed E-state index contributed by atoms with van der Waals surface area (Å²) < 4.78 is 5.25. The molecule has 1 unspecified atom stereocenters. The molecule has 0 spiro atoms. The van der Waals surface area contributed by atoms with E-state index in [1.807, 2.05) is 61.5 Å². The lowest BCUT2D eigenvalue weighted by Crippen LogP contribution is -2.56. The Morgan fingerprint density at radius 3 is 2.23 bits per heavy atom. The molecule has 240 valence electrons.